The van der Waals surface area contributed by atoms with Crippen molar-refractivity contribution < 1.29 is 14.3 Å². The molecular weight excluding hydrogens is 206 g/mol. The molecular formula is C12H19NO3. The number of aryl methyl sites for hydroxylation is 2. The standard InChI is InChI=1S/C12H19NO3/c1-7(2)11(6-14)13-12(15)10-5-8(3)16-9(10)4/h5,7,11,14H,6H2,1-4H3,(H,13,15). The van der Waals surface area contributed by atoms with E-state index in [1.165, 1.54) is 0 Å². The van der Waals surface area contributed by atoms with Gasteiger partial charge in [0.25, 0.3) is 5.91 Å². The Morgan fingerprint density at radius 1 is 1.50 bits per heavy atom. The van der Waals surface area contributed by atoms with Crippen LogP contribution in [0.5, 0.6) is 0 Å². The second kappa shape index (κ2) is 5.16. The van der Waals surface area contributed by atoms with Gasteiger partial charge in [-0.05, 0) is 25.8 Å². The average Bonchev–Trinajstić information content (AvgIpc) is 2.53. The minimum atomic E-state index is -0.220. The molecule has 4 heteroatoms. The van der Waals surface area contributed by atoms with Crippen molar-refractivity contribution in [2.24, 2.45) is 5.92 Å². The fourth-order valence-electron chi connectivity index (χ4n) is 1.53. The number of rotatable bonds is 4. The third-order valence-corrected chi connectivity index (χ3v) is 2.60. The summed E-state index contributed by atoms with van der Waals surface area (Å²) in [6.45, 7) is 7.41. The quantitative estimate of drug-likeness (QED) is 0.819. The molecule has 1 unspecified atom stereocenters. The molecule has 0 spiro atoms. The van der Waals surface area contributed by atoms with Crippen LogP contribution < -0.4 is 5.32 Å². The number of hydrogen-bond acceptors (Lipinski definition) is 3. The second-order valence-corrected chi connectivity index (χ2v) is 4.33. The molecule has 0 bridgehead atoms. The molecule has 0 saturated carbocycles. The Morgan fingerprint density at radius 3 is 2.50 bits per heavy atom. The predicted octanol–water partition coefficient (Wildman–Crippen LogP) is 1.64. The summed E-state index contributed by atoms with van der Waals surface area (Å²) in [5.74, 6) is 1.33. The second-order valence-electron chi connectivity index (χ2n) is 4.33. The lowest BCUT2D eigenvalue weighted by atomic mass is 10.0. The van der Waals surface area contributed by atoms with Crippen LogP contribution in [0.15, 0.2) is 10.5 Å². The maximum Gasteiger partial charge on any atom is 0.255 e. The van der Waals surface area contributed by atoms with Gasteiger partial charge in [0.05, 0.1) is 18.2 Å². The van der Waals surface area contributed by atoms with Gasteiger partial charge in [0.1, 0.15) is 11.5 Å². The van der Waals surface area contributed by atoms with E-state index in [0.717, 1.165) is 0 Å². The number of aliphatic hydroxyl groups excluding tert-OH is 1. The lowest BCUT2D eigenvalue weighted by Crippen LogP contribution is -2.41. The summed E-state index contributed by atoms with van der Waals surface area (Å²) in [5, 5.41) is 11.9. The highest BCUT2D eigenvalue weighted by atomic mass is 16.3. The number of carbonyl (C=O) groups is 1. The molecule has 1 aromatic heterocycles. The van der Waals surface area contributed by atoms with E-state index in [-0.39, 0.29) is 24.5 Å². The Labute approximate surface area is 95.7 Å². The highest BCUT2D eigenvalue weighted by Crippen LogP contribution is 2.14. The van der Waals surface area contributed by atoms with E-state index in [1.807, 2.05) is 13.8 Å². The molecule has 0 aromatic carbocycles. The van der Waals surface area contributed by atoms with Crippen LogP contribution in [0.1, 0.15) is 35.7 Å². The molecule has 90 valence electrons. The maximum absolute atomic E-state index is 11.9. The first-order chi connectivity index (χ1) is 7.45. The van der Waals surface area contributed by atoms with Crippen LogP contribution in [0, 0.1) is 19.8 Å². The first kappa shape index (κ1) is 12.8. The van der Waals surface area contributed by atoms with Crippen molar-refractivity contribution in [1.82, 2.24) is 5.32 Å². The van der Waals surface area contributed by atoms with E-state index in [1.54, 1.807) is 19.9 Å². The molecule has 2 N–H and O–H groups in total. The van der Waals surface area contributed by atoms with Crippen molar-refractivity contribution in [2.75, 3.05) is 6.61 Å². The Bertz CT molecular complexity index is 368. The molecule has 0 aliphatic rings. The van der Waals surface area contributed by atoms with Crippen LogP contribution >= 0.6 is 0 Å². The molecule has 0 fully saturated rings. The van der Waals surface area contributed by atoms with Crippen molar-refractivity contribution in [3.63, 3.8) is 0 Å². The van der Waals surface area contributed by atoms with Crippen molar-refractivity contribution >= 4 is 5.91 Å². The van der Waals surface area contributed by atoms with Gasteiger partial charge in [-0.2, -0.15) is 0 Å². The minimum Gasteiger partial charge on any atom is -0.466 e. The minimum absolute atomic E-state index is 0.0563. The normalized spacial score (nSPS) is 12.9. The molecule has 4 nitrogen and oxygen atoms in total. The summed E-state index contributed by atoms with van der Waals surface area (Å²) in [5.41, 5.74) is 0.539. The molecule has 1 amide bonds. The van der Waals surface area contributed by atoms with Crippen molar-refractivity contribution in [1.29, 1.82) is 0 Å². The van der Waals surface area contributed by atoms with Crippen molar-refractivity contribution in [3.8, 4) is 0 Å². The summed E-state index contributed by atoms with van der Waals surface area (Å²) in [4.78, 5) is 11.9. The zero-order valence-electron chi connectivity index (χ0n) is 10.2. The van der Waals surface area contributed by atoms with Crippen LogP contribution in [0.25, 0.3) is 0 Å². The van der Waals surface area contributed by atoms with E-state index < -0.39 is 0 Å². The number of amides is 1. The lowest BCUT2D eigenvalue weighted by Gasteiger charge is -2.19. The van der Waals surface area contributed by atoms with Crippen LogP contribution in [0.4, 0.5) is 0 Å². The Morgan fingerprint density at radius 2 is 2.12 bits per heavy atom. The number of furan rings is 1. The molecule has 0 aliphatic heterocycles. The van der Waals surface area contributed by atoms with Gasteiger partial charge >= 0.3 is 0 Å². The molecule has 1 aromatic rings. The summed E-state index contributed by atoms with van der Waals surface area (Å²) < 4.78 is 5.29. The lowest BCUT2D eigenvalue weighted by molar-refractivity contribution is 0.0895. The van der Waals surface area contributed by atoms with E-state index in [2.05, 4.69) is 5.32 Å². The number of aliphatic hydroxyl groups is 1. The summed E-state index contributed by atoms with van der Waals surface area (Å²) in [6, 6.07) is 1.49. The molecule has 1 rings (SSSR count). The highest BCUT2D eigenvalue weighted by Gasteiger charge is 2.19. The van der Waals surface area contributed by atoms with Gasteiger partial charge in [-0.1, -0.05) is 13.8 Å². The van der Waals surface area contributed by atoms with Crippen LogP contribution in [-0.4, -0.2) is 23.7 Å². The van der Waals surface area contributed by atoms with Crippen LogP contribution in [0.2, 0.25) is 0 Å². The summed E-state index contributed by atoms with van der Waals surface area (Å²) in [7, 11) is 0. The molecule has 0 saturated heterocycles. The third kappa shape index (κ3) is 2.85. The van der Waals surface area contributed by atoms with Gasteiger partial charge in [-0.3, -0.25) is 4.79 Å². The predicted molar refractivity (Wildman–Crippen MR) is 61.4 cm³/mol. The van der Waals surface area contributed by atoms with Gasteiger partial charge in [-0.15, -0.1) is 0 Å². The number of carbonyl (C=O) groups excluding carboxylic acids is 1. The Hall–Kier alpha value is -1.29. The van der Waals surface area contributed by atoms with Crippen molar-refractivity contribution in [2.45, 2.75) is 33.7 Å². The smallest absolute Gasteiger partial charge is 0.255 e. The molecule has 0 radical (unpaired) electrons. The van der Waals surface area contributed by atoms with Gasteiger partial charge < -0.3 is 14.8 Å². The summed E-state index contributed by atoms with van der Waals surface area (Å²) >= 11 is 0. The largest absolute Gasteiger partial charge is 0.466 e. The topological polar surface area (TPSA) is 62.5 Å². The average molecular weight is 225 g/mol. The van der Waals surface area contributed by atoms with Gasteiger partial charge in [-0.25, -0.2) is 0 Å². The zero-order valence-corrected chi connectivity index (χ0v) is 10.2. The van der Waals surface area contributed by atoms with E-state index in [0.29, 0.717) is 17.1 Å². The monoisotopic (exact) mass is 225 g/mol. The van der Waals surface area contributed by atoms with Gasteiger partial charge in [0, 0.05) is 0 Å². The molecule has 1 heterocycles. The van der Waals surface area contributed by atoms with Gasteiger partial charge in [0.15, 0.2) is 0 Å². The molecule has 0 aliphatic carbocycles. The highest BCUT2D eigenvalue weighted by molar-refractivity contribution is 5.95. The fraction of sp³-hybridized carbons (Fsp3) is 0.583. The first-order valence-electron chi connectivity index (χ1n) is 5.44. The Kier molecular flexibility index (Phi) is 4.12. The summed E-state index contributed by atoms with van der Waals surface area (Å²) in [6.07, 6.45) is 0. The van der Waals surface area contributed by atoms with Gasteiger partial charge in [0.2, 0.25) is 0 Å². The van der Waals surface area contributed by atoms with Crippen LogP contribution in [0.3, 0.4) is 0 Å². The molecule has 1 atom stereocenters. The van der Waals surface area contributed by atoms with Crippen molar-refractivity contribution in [3.05, 3.63) is 23.2 Å². The number of nitrogens with one attached hydrogen (secondary N) is 1. The fourth-order valence-corrected chi connectivity index (χ4v) is 1.53. The zero-order chi connectivity index (χ0) is 12.3. The SMILES string of the molecule is Cc1cc(C(=O)NC(CO)C(C)C)c(C)o1. The molecule has 16 heavy (non-hydrogen) atoms. The maximum atomic E-state index is 11.9. The van der Waals surface area contributed by atoms with E-state index >= 15 is 0 Å². The van der Waals surface area contributed by atoms with E-state index in [9.17, 15) is 4.79 Å². The third-order valence-electron chi connectivity index (χ3n) is 2.60. The van der Waals surface area contributed by atoms with Crippen LogP contribution in [-0.2, 0) is 0 Å². The first-order valence-corrected chi connectivity index (χ1v) is 5.44. The number of hydrogen-bond donors (Lipinski definition) is 2. The van der Waals surface area contributed by atoms with E-state index in [4.69, 9.17) is 9.52 Å². The Balaban J connectivity index is 2.75.